The molecule has 2 amide bonds. The Morgan fingerprint density at radius 1 is 1.09 bits per heavy atom. The predicted molar refractivity (Wildman–Crippen MR) is 129 cm³/mol. The maximum atomic E-state index is 13.5. The SMILES string of the molecule is Cc1csc(NC(=O)C2CCN(C(=O)c3cc(-c4cccnc4)nc4ccccc34)CC2)n1. The van der Waals surface area contributed by atoms with Crippen molar-refractivity contribution in [2.75, 3.05) is 18.4 Å². The highest BCUT2D eigenvalue weighted by Crippen LogP contribution is 2.28. The monoisotopic (exact) mass is 457 g/mol. The molecule has 1 aromatic carbocycles. The number of pyridine rings is 2. The first-order chi connectivity index (χ1) is 16.1. The Morgan fingerprint density at radius 2 is 1.91 bits per heavy atom. The molecule has 0 unspecified atom stereocenters. The second-order valence-electron chi connectivity index (χ2n) is 8.16. The molecule has 4 aromatic rings. The van der Waals surface area contributed by atoms with Crippen molar-refractivity contribution < 1.29 is 9.59 Å². The van der Waals surface area contributed by atoms with Gasteiger partial charge in [-0.2, -0.15) is 0 Å². The topological polar surface area (TPSA) is 88.1 Å². The minimum absolute atomic E-state index is 0.0235. The quantitative estimate of drug-likeness (QED) is 0.486. The molecule has 7 nitrogen and oxygen atoms in total. The van der Waals surface area contributed by atoms with Crippen LogP contribution in [-0.4, -0.2) is 44.8 Å². The van der Waals surface area contributed by atoms with Gasteiger partial charge in [0.15, 0.2) is 5.13 Å². The van der Waals surface area contributed by atoms with E-state index in [1.165, 1.54) is 11.3 Å². The van der Waals surface area contributed by atoms with Gasteiger partial charge in [-0.25, -0.2) is 9.97 Å². The number of nitrogens with one attached hydrogen (secondary N) is 1. The van der Waals surface area contributed by atoms with Crippen LogP contribution >= 0.6 is 11.3 Å². The maximum absolute atomic E-state index is 13.5. The number of aryl methyl sites for hydroxylation is 1. The van der Waals surface area contributed by atoms with Gasteiger partial charge >= 0.3 is 0 Å². The van der Waals surface area contributed by atoms with Crippen molar-refractivity contribution in [3.63, 3.8) is 0 Å². The van der Waals surface area contributed by atoms with Crippen LogP contribution in [0.15, 0.2) is 60.2 Å². The Morgan fingerprint density at radius 3 is 2.64 bits per heavy atom. The van der Waals surface area contributed by atoms with Gasteiger partial charge in [-0.05, 0) is 44.0 Å². The Labute approximate surface area is 195 Å². The number of hydrogen-bond donors (Lipinski definition) is 1. The lowest BCUT2D eigenvalue weighted by Gasteiger charge is -2.31. The Kier molecular flexibility index (Phi) is 5.83. The predicted octanol–water partition coefficient (Wildman–Crippen LogP) is 4.55. The first kappa shape index (κ1) is 21.2. The molecule has 1 N–H and O–H groups in total. The Balaban J connectivity index is 1.34. The number of likely N-dealkylation sites (tertiary alicyclic amines) is 1. The van der Waals surface area contributed by atoms with E-state index in [4.69, 9.17) is 4.98 Å². The number of para-hydroxylation sites is 1. The van der Waals surface area contributed by atoms with Crippen LogP contribution in [0.25, 0.3) is 22.2 Å². The smallest absolute Gasteiger partial charge is 0.254 e. The second-order valence-corrected chi connectivity index (χ2v) is 9.02. The van der Waals surface area contributed by atoms with Gasteiger partial charge in [0.1, 0.15) is 0 Å². The molecule has 0 spiro atoms. The first-order valence-corrected chi connectivity index (χ1v) is 11.8. The molecule has 1 saturated heterocycles. The largest absolute Gasteiger partial charge is 0.339 e. The lowest BCUT2D eigenvalue weighted by Crippen LogP contribution is -2.41. The highest BCUT2D eigenvalue weighted by molar-refractivity contribution is 7.13. The minimum Gasteiger partial charge on any atom is -0.339 e. The third-order valence-electron chi connectivity index (χ3n) is 5.91. The number of piperidine rings is 1. The van der Waals surface area contributed by atoms with E-state index < -0.39 is 0 Å². The molecule has 0 bridgehead atoms. The van der Waals surface area contributed by atoms with Gasteiger partial charge in [-0.1, -0.05) is 18.2 Å². The number of benzene rings is 1. The van der Waals surface area contributed by atoms with E-state index in [1.807, 2.05) is 59.7 Å². The van der Waals surface area contributed by atoms with Gasteiger partial charge in [0.2, 0.25) is 5.91 Å². The summed E-state index contributed by atoms with van der Waals surface area (Å²) in [4.78, 5) is 41.2. The highest BCUT2D eigenvalue weighted by atomic mass is 32.1. The number of amides is 2. The lowest BCUT2D eigenvalue weighted by molar-refractivity contribution is -0.121. The van der Waals surface area contributed by atoms with Gasteiger partial charge in [-0.3, -0.25) is 14.6 Å². The molecule has 5 rings (SSSR count). The molecule has 0 atom stereocenters. The number of fused-ring (bicyclic) bond motifs is 1. The normalized spacial score (nSPS) is 14.4. The molecule has 1 fully saturated rings. The van der Waals surface area contributed by atoms with Crippen LogP contribution in [0.1, 0.15) is 28.9 Å². The van der Waals surface area contributed by atoms with Crippen molar-refractivity contribution in [1.82, 2.24) is 19.9 Å². The van der Waals surface area contributed by atoms with Gasteiger partial charge in [0.25, 0.3) is 5.91 Å². The minimum atomic E-state index is -0.126. The molecule has 3 aromatic heterocycles. The summed E-state index contributed by atoms with van der Waals surface area (Å²) in [6.45, 7) is 2.97. The van der Waals surface area contributed by atoms with Crippen LogP contribution in [-0.2, 0) is 4.79 Å². The van der Waals surface area contributed by atoms with Crippen molar-refractivity contribution >= 4 is 39.2 Å². The van der Waals surface area contributed by atoms with Gasteiger partial charge in [0, 0.05) is 47.7 Å². The first-order valence-electron chi connectivity index (χ1n) is 10.9. The highest BCUT2D eigenvalue weighted by Gasteiger charge is 2.29. The van der Waals surface area contributed by atoms with Crippen molar-refractivity contribution in [2.24, 2.45) is 5.92 Å². The second kappa shape index (κ2) is 9.07. The molecule has 1 aliphatic rings. The average Bonchev–Trinajstić information content (AvgIpc) is 3.27. The molecule has 8 heteroatoms. The third kappa shape index (κ3) is 4.47. The van der Waals surface area contributed by atoms with Crippen LogP contribution in [0.4, 0.5) is 5.13 Å². The fraction of sp³-hybridized carbons (Fsp3) is 0.240. The van der Waals surface area contributed by atoms with E-state index in [9.17, 15) is 9.59 Å². The number of hydrogen-bond acceptors (Lipinski definition) is 6. The molecule has 1 aliphatic heterocycles. The lowest BCUT2D eigenvalue weighted by atomic mass is 9.95. The summed E-state index contributed by atoms with van der Waals surface area (Å²) in [6.07, 6.45) is 4.72. The van der Waals surface area contributed by atoms with Crippen molar-refractivity contribution in [2.45, 2.75) is 19.8 Å². The van der Waals surface area contributed by atoms with Crippen molar-refractivity contribution in [3.8, 4) is 11.3 Å². The zero-order valence-corrected chi connectivity index (χ0v) is 19.0. The Hall–Kier alpha value is -3.65. The standard InChI is InChI=1S/C25H23N5O2S/c1-16-15-33-25(27-16)29-23(31)17-8-11-30(12-9-17)24(32)20-13-22(18-5-4-10-26-14-18)28-21-7-3-2-6-19(20)21/h2-7,10,13-15,17H,8-9,11-12H2,1H3,(H,27,29,31). The van der Waals surface area contributed by atoms with Crippen LogP contribution in [0.5, 0.6) is 0 Å². The van der Waals surface area contributed by atoms with Gasteiger partial charge in [-0.15, -0.1) is 11.3 Å². The van der Waals surface area contributed by atoms with Crippen LogP contribution in [0.2, 0.25) is 0 Å². The molecular formula is C25H23N5O2S. The van der Waals surface area contributed by atoms with E-state index in [-0.39, 0.29) is 17.7 Å². The molecule has 33 heavy (non-hydrogen) atoms. The zero-order valence-electron chi connectivity index (χ0n) is 18.2. The zero-order chi connectivity index (χ0) is 22.8. The van der Waals surface area contributed by atoms with Gasteiger partial charge in [0.05, 0.1) is 22.5 Å². The van der Waals surface area contributed by atoms with Crippen molar-refractivity contribution in [3.05, 3.63) is 71.5 Å². The van der Waals surface area contributed by atoms with E-state index in [2.05, 4.69) is 15.3 Å². The van der Waals surface area contributed by atoms with E-state index in [1.54, 1.807) is 12.4 Å². The van der Waals surface area contributed by atoms with Crippen LogP contribution in [0.3, 0.4) is 0 Å². The summed E-state index contributed by atoms with van der Waals surface area (Å²) >= 11 is 1.43. The molecule has 166 valence electrons. The maximum Gasteiger partial charge on any atom is 0.254 e. The number of nitrogens with zero attached hydrogens (tertiary/aromatic N) is 4. The fourth-order valence-corrected chi connectivity index (χ4v) is 4.84. The number of aromatic nitrogens is 3. The fourth-order valence-electron chi connectivity index (χ4n) is 4.15. The summed E-state index contributed by atoms with van der Waals surface area (Å²) in [6, 6.07) is 13.3. The summed E-state index contributed by atoms with van der Waals surface area (Å²) in [7, 11) is 0. The molecule has 0 aliphatic carbocycles. The van der Waals surface area contributed by atoms with Crippen LogP contribution < -0.4 is 5.32 Å². The number of anilines is 1. The van der Waals surface area contributed by atoms with Gasteiger partial charge < -0.3 is 10.2 Å². The molecule has 4 heterocycles. The van der Waals surface area contributed by atoms with E-state index in [0.29, 0.717) is 36.6 Å². The summed E-state index contributed by atoms with van der Waals surface area (Å²) < 4.78 is 0. The summed E-state index contributed by atoms with van der Waals surface area (Å²) in [5, 5.41) is 6.28. The van der Waals surface area contributed by atoms with E-state index in [0.717, 1.165) is 27.9 Å². The Bertz CT molecular complexity index is 1310. The number of thiazole rings is 1. The third-order valence-corrected chi connectivity index (χ3v) is 6.78. The average molecular weight is 458 g/mol. The summed E-state index contributed by atoms with van der Waals surface area (Å²) in [5.74, 6) is -0.184. The molecule has 0 radical (unpaired) electrons. The van der Waals surface area contributed by atoms with Crippen LogP contribution in [0, 0.1) is 12.8 Å². The van der Waals surface area contributed by atoms with Crippen molar-refractivity contribution in [1.29, 1.82) is 0 Å². The number of carbonyl (C=O) groups is 2. The molecule has 0 saturated carbocycles. The summed E-state index contributed by atoms with van der Waals surface area (Å²) in [5.41, 5.74) is 3.88. The van der Waals surface area contributed by atoms with E-state index >= 15 is 0 Å². The number of carbonyl (C=O) groups excluding carboxylic acids is 2. The number of rotatable bonds is 4. The molecular weight excluding hydrogens is 434 g/mol.